The first-order valence-electron chi connectivity index (χ1n) is 7.24. The van der Waals surface area contributed by atoms with E-state index in [0.717, 1.165) is 26.2 Å². The van der Waals surface area contributed by atoms with Gasteiger partial charge >= 0.3 is 0 Å². The average molecular weight is 342 g/mol. The smallest absolute Gasteiger partial charge is 0.218 e. The summed E-state index contributed by atoms with van der Waals surface area (Å²) in [4.78, 5) is 8.82. The summed E-state index contributed by atoms with van der Waals surface area (Å²) in [7, 11) is -1.57. The Hall–Kier alpha value is -1.38. The highest BCUT2D eigenvalue weighted by Gasteiger charge is 2.42. The summed E-state index contributed by atoms with van der Waals surface area (Å²) in [6.07, 6.45) is 0.547. The molecule has 3 aliphatic heterocycles. The molecule has 0 spiro atoms. The van der Waals surface area contributed by atoms with Gasteiger partial charge in [-0.05, 0) is 13.5 Å². The molecule has 5 heterocycles. The Morgan fingerprint density at radius 1 is 1.18 bits per heavy atom. The molecule has 7 nitrogen and oxygen atoms in total. The molecule has 3 aliphatic rings. The predicted octanol–water partition coefficient (Wildman–Crippen LogP) is 0.843. The molecule has 9 heteroatoms. The van der Waals surface area contributed by atoms with Gasteiger partial charge in [-0.25, -0.2) is 13.4 Å². The molecule has 118 valence electrons. The minimum atomic E-state index is -3.63. The van der Waals surface area contributed by atoms with Crippen LogP contribution in [0.25, 0.3) is 5.65 Å². The number of sulfone groups is 1. The Bertz CT molecular complexity index is 884. The first-order chi connectivity index (χ1) is 10.4. The molecule has 0 aliphatic carbocycles. The molecule has 0 amide bonds. The molecule has 2 aromatic heterocycles. The topological polar surface area (TPSA) is 70.8 Å². The molecule has 1 fully saturated rings. The van der Waals surface area contributed by atoms with Crippen LogP contribution in [-0.2, 0) is 16.3 Å². The molecule has 0 unspecified atom stereocenters. The Morgan fingerprint density at radius 2 is 1.86 bits per heavy atom. The first kappa shape index (κ1) is 14.2. The highest BCUT2D eigenvalue weighted by atomic mass is 35.5. The summed E-state index contributed by atoms with van der Waals surface area (Å²) in [5.41, 5.74) is 0.912. The van der Waals surface area contributed by atoms with Crippen LogP contribution in [0.4, 0.5) is 5.82 Å². The normalized spacial score (nSPS) is 20.4. The number of anilines is 1. The van der Waals surface area contributed by atoms with Crippen LogP contribution in [0.3, 0.4) is 0 Å². The van der Waals surface area contributed by atoms with Crippen molar-refractivity contribution in [1.82, 2.24) is 19.5 Å². The summed E-state index contributed by atoms with van der Waals surface area (Å²) >= 11 is 6.15. The zero-order valence-electron chi connectivity index (χ0n) is 12.4. The predicted molar refractivity (Wildman–Crippen MR) is 82.5 cm³/mol. The van der Waals surface area contributed by atoms with E-state index < -0.39 is 9.84 Å². The number of hydrogen-bond acceptors (Lipinski definition) is 6. The van der Waals surface area contributed by atoms with Crippen molar-refractivity contribution in [2.45, 2.75) is 23.1 Å². The van der Waals surface area contributed by atoms with Crippen molar-refractivity contribution in [3.8, 4) is 0 Å². The van der Waals surface area contributed by atoms with Crippen molar-refractivity contribution in [1.29, 1.82) is 0 Å². The number of aromatic nitrogens is 3. The maximum atomic E-state index is 12.9. The van der Waals surface area contributed by atoms with Gasteiger partial charge in [-0.15, -0.1) is 0 Å². The summed E-state index contributed by atoms with van der Waals surface area (Å²) < 4.78 is 27.5. The van der Waals surface area contributed by atoms with E-state index >= 15 is 0 Å². The summed E-state index contributed by atoms with van der Waals surface area (Å²) in [6, 6.07) is 0. The SMILES string of the molecule is CCc1nn2c(N3CCN(C)CC3)c3c(Cl)nc2c1S3(=O)=O. The lowest BCUT2D eigenvalue weighted by atomic mass is 10.3. The van der Waals surface area contributed by atoms with Crippen molar-refractivity contribution < 1.29 is 8.42 Å². The second-order valence-corrected chi connectivity index (χ2v) is 7.90. The number of likely N-dealkylation sites (N-methyl/N-ethyl adjacent to an activating group) is 1. The number of nitrogens with zero attached hydrogens (tertiary/aromatic N) is 5. The van der Waals surface area contributed by atoms with Gasteiger partial charge < -0.3 is 9.80 Å². The summed E-state index contributed by atoms with van der Waals surface area (Å²) in [6.45, 7) is 5.12. The second kappa shape index (κ2) is 4.56. The van der Waals surface area contributed by atoms with Gasteiger partial charge in [0, 0.05) is 26.2 Å². The van der Waals surface area contributed by atoms with E-state index in [0.29, 0.717) is 23.6 Å². The van der Waals surface area contributed by atoms with E-state index in [-0.39, 0.29) is 14.9 Å². The van der Waals surface area contributed by atoms with Crippen molar-refractivity contribution >= 4 is 32.9 Å². The van der Waals surface area contributed by atoms with Crippen LogP contribution in [0.2, 0.25) is 5.15 Å². The fraction of sp³-hybridized carbons (Fsp3) is 0.538. The van der Waals surface area contributed by atoms with Crippen LogP contribution in [0, 0.1) is 0 Å². The molecule has 0 aromatic carbocycles. The molecular weight excluding hydrogens is 326 g/mol. The number of piperazine rings is 1. The van der Waals surface area contributed by atoms with Gasteiger partial charge in [0.15, 0.2) is 21.5 Å². The van der Waals surface area contributed by atoms with Gasteiger partial charge in [0.1, 0.15) is 4.90 Å². The van der Waals surface area contributed by atoms with Gasteiger partial charge in [-0.2, -0.15) is 9.61 Å². The third-order valence-corrected chi connectivity index (χ3v) is 6.61. The van der Waals surface area contributed by atoms with E-state index in [1.807, 2.05) is 11.8 Å². The third kappa shape index (κ3) is 1.68. The van der Waals surface area contributed by atoms with Gasteiger partial charge in [0.25, 0.3) is 0 Å². The van der Waals surface area contributed by atoms with E-state index in [2.05, 4.69) is 22.0 Å². The van der Waals surface area contributed by atoms with E-state index in [9.17, 15) is 8.42 Å². The van der Waals surface area contributed by atoms with Crippen molar-refractivity contribution in [2.75, 3.05) is 38.1 Å². The minimum Gasteiger partial charge on any atom is -0.353 e. The van der Waals surface area contributed by atoms with Crippen LogP contribution >= 0.6 is 11.6 Å². The van der Waals surface area contributed by atoms with Crippen LogP contribution in [0.15, 0.2) is 9.79 Å². The lowest BCUT2D eigenvalue weighted by Gasteiger charge is -2.35. The maximum absolute atomic E-state index is 12.9. The molecule has 1 saturated heterocycles. The zero-order chi connectivity index (χ0) is 15.6. The van der Waals surface area contributed by atoms with Crippen LogP contribution in [0.1, 0.15) is 12.6 Å². The largest absolute Gasteiger partial charge is 0.353 e. The highest BCUT2D eigenvalue weighted by molar-refractivity contribution is 7.92. The summed E-state index contributed by atoms with van der Waals surface area (Å²) in [5.74, 6) is 0.565. The molecular formula is C13H16ClN5O2S. The fourth-order valence-electron chi connectivity index (χ4n) is 3.15. The summed E-state index contributed by atoms with van der Waals surface area (Å²) in [5, 5.41) is 4.53. The van der Waals surface area contributed by atoms with Gasteiger partial charge in [-0.1, -0.05) is 18.5 Å². The van der Waals surface area contributed by atoms with E-state index in [1.54, 1.807) is 4.52 Å². The standard InChI is InChI=1S/C13H16ClN5O2S/c1-3-8-9-12-15-11(14)10(22(9,20)21)13(19(12)16-8)18-6-4-17(2)5-7-18/h3-7H2,1-2H3. The number of hydrogen-bond donors (Lipinski definition) is 0. The number of halogens is 1. The average Bonchev–Trinajstić information content (AvgIpc) is 2.80. The van der Waals surface area contributed by atoms with E-state index in [1.165, 1.54) is 0 Å². The molecule has 0 atom stereocenters. The number of aryl methyl sites for hydroxylation is 1. The van der Waals surface area contributed by atoms with Crippen LogP contribution < -0.4 is 4.90 Å². The molecule has 2 aromatic rings. The molecule has 0 N–H and O–H groups in total. The lowest BCUT2D eigenvalue weighted by Crippen LogP contribution is -2.46. The monoisotopic (exact) mass is 341 g/mol. The molecule has 4 bridgehead atoms. The van der Waals surface area contributed by atoms with Crippen molar-refractivity contribution in [3.63, 3.8) is 0 Å². The lowest BCUT2D eigenvalue weighted by molar-refractivity contribution is 0.310. The minimum absolute atomic E-state index is 0.0523. The van der Waals surface area contributed by atoms with Gasteiger partial charge in [-0.3, -0.25) is 0 Å². The molecule has 5 rings (SSSR count). The van der Waals surface area contributed by atoms with Gasteiger partial charge in [0.2, 0.25) is 9.84 Å². The zero-order valence-corrected chi connectivity index (χ0v) is 13.9. The quantitative estimate of drug-likeness (QED) is 0.643. The Kier molecular flexibility index (Phi) is 2.95. The highest BCUT2D eigenvalue weighted by Crippen LogP contribution is 2.44. The number of rotatable bonds is 2. The third-order valence-electron chi connectivity index (χ3n) is 4.36. The molecule has 0 saturated carbocycles. The second-order valence-electron chi connectivity index (χ2n) is 5.71. The fourth-order valence-corrected chi connectivity index (χ4v) is 5.42. The Labute approximate surface area is 133 Å². The maximum Gasteiger partial charge on any atom is 0.218 e. The Morgan fingerprint density at radius 3 is 2.50 bits per heavy atom. The van der Waals surface area contributed by atoms with Crippen molar-refractivity contribution in [3.05, 3.63) is 10.8 Å². The van der Waals surface area contributed by atoms with Crippen LogP contribution in [0.5, 0.6) is 0 Å². The molecule has 0 radical (unpaired) electrons. The van der Waals surface area contributed by atoms with Crippen LogP contribution in [-0.4, -0.2) is 61.1 Å². The van der Waals surface area contributed by atoms with E-state index in [4.69, 9.17) is 11.6 Å². The van der Waals surface area contributed by atoms with Gasteiger partial charge in [0.05, 0.1) is 5.69 Å². The first-order valence-corrected chi connectivity index (χ1v) is 9.11. The Balaban J connectivity index is 2.02. The number of fused-ring (bicyclic) bond motifs is 1. The molecule has 22 heavy (non-hydrogen) atoms. The van der Waals surface area contributed by atoms with Crippen molar-refractivity contribution in [2.24, 2.45) is 0 Å².